The number of nitrogens with two attached hydrogens (primary N) is 5. The largest absolute Gasteiger partial charge is 0.481 e. The van der Waals surface area contributed by atoms with Gasteiger partial charge in [0.05, 0.1) is 76.0 Å². The predicted molar refractivity (Wildman–Crippen MR) is 531 cm³/mol. The highest BCUT2D eigenvalue weighted by atomic mass is 16.5. The second kappa shape index (κ2) is 66.9. The molecule has 5 aromatic rings. The van der Waals surface area contributed by atoms with Gasteiger partial charge in [0, 0.05) is 67.6 Å². The zero-order chi connectivity index (χ0) is 102. The van der Waals surface area contributed by atoms with E-state index in [4.69, 9.17) is 33.9 Å². The fraction of sp³-hybridized carbons (Fsp3) is 0.574. The number of Topliss-reactive ketones (excluding diaryl/α,β-unsaturated/α-hetero) is 5. The predicted octanol–water partition coefficient (Wildman–Crippen LogP) is 12.7. The summed E-state index contributed by atoms with van der Waals surface area (Å²) in [6.07, 6.45) is 21.8. The Kier molecular flexibility index (Phi) is 57.6. The van der Waals surface area contributed by atoms with Crippen LogP contribution in [0.2, 0.25) is 0 Å². The monoisotopic (exact) mass is 1920 g/mol. The minimum Gasteiger partial charge on any atom is -0.481 e. The van der Waals surface area contributed by atoms with Crippen molar-refractivity contribution in [2.75, 3.05) is 33.9 Å². The summed E-state index contributed by atoms with van der Waals surface area (Å²) in [5, 5.41) is 29.1. The Hall–Kier alpha value is -11.5. The summed E-state index contributed by atoms with van der Waals surface area (Å²) < 4.78 is 9.27. The number of primary amides is 2. The van der Waals surface area contributed by atoms with Crippen molar-refractivity contribution in [2.24, 2.45) is 112 Å². The second-order valence-electron chi connectivity index (χ2n) is 37.6. The first-order chi connectivity index (χ1) is 66.0. The van der Waals surface area contributed by atoms with Gasteiger partial charge in [0.2, 0.25) is 41.4 Å². The van der Waals surface area contributed by atoms with Crippen molar-refractivity contribution in [3.05, 3.63) is 179 Å². The van der Waals surface area contributed by atoms with Crippen LogP contribution in [-0.4, -0.2) is 156 Å². The summed E-state index contributed by atoms with van der Waals surface area (Å²) >= 11 is 0. The van der Waals surface area contributed by atoms with E-state index in [0.29, 0.717) is 75.7 Å². The van der Waals surface area contributed by atoms with Crippen LogP contribution in [0.25, 0.3) is 0 Å². The lowest BCUT2D eigenvalue weighted by Crippen LogP contribution is -2.49. The van der Waals surface area contributed by atoms with Gasteiger partial charge in [-0.1, -0.05) is 271 Å². The van der Waals surface area contributed by atoms with Crippen molar-refractivity contribution in [1.82, 2.24) is 26.7 Å². The molecule has 30 heteroatoms. The van der Waals surface area contributed by atoms with Crippen molar-refractivity contribution in [2.45, 2.75) is 278 Å². The Morgan fingerprint density at radius 3 is 1.12 bits per heavy atom. The van der Waals surface area contributed by atoms with Crippen LogP contribution in [-0.2, 0) is 118 Å². The van der Waals surface area contributed by atoms with E-state index in [1.54, 1.807) is 6.92 Å². The van der Waals surface area contributed by atoms with Crippen molar-refractivity contribution in [1.29, 1.82) is 0 Å². The number of hydrazine groups is 1. The van der Waals surface area contributed by atoms with Crippen LogP contribution in [0.5, 0.6) is 0 Å². The topological polar surface area (TPSA) is 522 Å². The molecule has 138 heavy (non-hydrogen) atoms. The third-order valence-corrected chi connectivity index (χ3v) is 27.3. The lowest BCUT2D eigenvalue weighted by Gasteiger charge is -2.26. The molecular formula is C108H158N10O20. The highest BCUT2D eigenvalue weighted by Crippen LogP contribution is 2.35. The minimum atomic E-state index is -1.35. The number of carbonyl (C=O) groups excluding carboxylic acids is 14. The number of hydrogen-bond donors (Lipinski definition) is 12. The number of rotatable bonds is 52. The highest BCUT2D eigenvalue weighted by Gasteiger charge is 2.37. The molecule has 0 spiro atoms. The van der Waals surface area contributed by atoms with Crippen LogP contribution in [0.3, 0.4) is 0 Å². The first-order valence-electron chi connectivity index (χ1n) is 49.6. The van der Waals surface area contributed by atoms with E-state index in [0.717, 1.165) is 66.3 Å². The standard InChI is InChI=1S/C48H70N6O8.C20H27NO4.C12H14O4.C11H15NO.C9H16O2.C8H16N2O/c1-4-31(2)39(45(51)59)28-43(57)41(29-44(50)58)54-47(61)36(22-12-7-15-23-49)27-42(56)40(25-34-18-10-6-11-19-34)53-48(62)37(24-33-16-8-5-9-17-33)26-38(55)30-52-46(60)32(3)35-20-13-14-21-35;1-14(16-9-5-6-10-16)19(23)21-13-18(22)12-17(20(24)25)11-15-7-3-2-4-8-15;1-16-12(15)10(8-11(13)14)7-9-5-3-2-4-6-9;1-2-11(13)10(12)8-9-6-4-3-5-7-9;1-7(9(10)11-2)8-5-3-4-6-8;1-6(8(11)10-9)7-4-2-3-5-7/h5-6,8-11,16-19,31-32,35-37,39-41H,4,7,12-15,20-30,49H2,1-3H3,(H2,50,58)(H2,51,59)(H,52,60)(H,53,62)(H,54,61);2-4,7-8,14,16-17H,5-6,9-13H2,1H3,(H,21,23)(H,24,25);2-6,10H,7-8H2,1H3,(H,13,14);3-7,10H,2,8,12H2,1H3;7-8H,3-6H2,1-2H3;6-7H,2-5,9H2,1H3,(H,10,11)/t31?,32-,36+,37+,39-,40-,41-;14-,17+;2*10-;7-;/m00100./s1. The second-order valence-corrected chi connectivity index (χ2v) is 37.6. The van der Waals surface area contributed by atoms with Gasteiger partial charge in [0.15, 0.2) is 23.1 Å². The molecule has 9 rings (SSSR count). The lowest BCUT2D eigenvalue weighted by molar-refractivity contribution is -0.150. The number of carboxylic acids is 2. The number of amides is 7. The molecule has 7 amide bonds. The Balaban J connectivity index is 0.000000418. The zero-order valence-corrected chi connectivity index (χ0v) is 82.8. The van der Waals surface area contributed by atoms with E-state index in [1.165, 1.54) is 78.4 Å². The summed E-state index contributed by atoms with van der Waals surface area (Å²) in [4.78, 5) is 198. The number of nitrogens with one attached hydrogen (secondary N) is 5. The molecule has 13 atom stereocenters. The Bertz CT molecular complexity index is 4490. The summed E-state index contributed by atoms with van der Waals surface area (Å²) in [6.45, 7) is 13.3. The van der Waals surface area contributed by atoms with Gasteiger partial charge in [-0.05, 0) is 160 Å². The summed E-state index contributed by atoms with van der Waals surface area (Å²) in [5.74, 6) is -4.42. The molecule has 0 aliphatic heterocycles. The van der Waals surface area contributed by atoms with Gasteiger partial charge in [0.1, 0.15) is 5.78 Å². The van der Waals surface area contributed by atoms with Crippen molar-refractivity contribution >= 4 is 94.1 Å². The molecule has 0 aromatic heterocycles. The Morgan fingerprint density at radius 2 is 0.754 bits per heavy atom. The maximum atomic E-state index is 14.4. The molecule has 4 aliphatic rings. The van der Waals surface area contributed by atoms with E-state index < -0.39 is 101 Å². The van der Waals surface area contributed by atoms with Crippen molar-refractivity contribution in [3.63, 3.8) is 0 Å². The first-order valence-corrected chi connectivity index (χ1v) is 49.6. The SMILES string of the molecule is CC(C(=O)NN)C1CCCC1.CCC(=O)[C@@H](N)Cc1ccccc1.CCC(C)[C@H](CC(=O)[C@H](CC(N)=O)NC(=O)[C@H](CCCCCN)CC(=O)[C@H](Cc1ccccc1)NC(=O)[C@@H](CC(=O)CNC(=O)[C@@H](C)C1CCCC1)Cc1ccccc1)C(N)=O.COC(=O)[C@@H](C)C1CCCC1.COC(=O)[C@@H](CC(=O)O)Cc1ccccc1.C[C@H](C(=O)NCC(=O)C[C@@H](Cc1ccccc1)C(=O)O)C1CCCC1. The van der Waals surface area contributed by atoms with Gasteiger partial charge in [-0.25, -0.2) is 5.84 Å². The number of hydrogen-bond acceptors (Lipinski definition) is 21. The smallest absolute Gasteiger partial charge is 0.309 e. The quantitative estimate of drug-likeness (QED) is 0.00565. The van der Waals surface area contributed by atoms with E-state index in [1.807, 2.05) is 193 Å². The van der Waals surface area contributed by atoms with E-state index in [2.05, 4.69) is 36.2 Å². The maximum Gasteiger partial charge on any atom is 0.309 e. The summed E-state index contributed by atoms with van der Waals surface area (Å²) in [5.41, 5.74) is 29.3. The van der Waals surface area contributed by atoms with Gasteiger partial charge >= 0.3 is 23.9 Å². The van der Waals surface area contributed by atoms with Gasteiger partial charge in [-0.3, -0.25) is 82.1 Å². The number of aliphatic carboxylic acids is 2. The van der Waals surface area contributed by atoms with Gasteiger partial charge < -0.3 is 63.9 Å². The zero-order valence-electron chi connectivity index (χ0n) is 82.8. The average molecular weight is 1920 g/mol. The molecule has 2 unspecified atom stereocenters. The van der Waals surface area contributed by atoms with E-state index >= 15 is 0 Å². The number of unbranched alkanes of at least 4 members (excludes halogenated alkanes) is 2. The van der Waals surface area contributed by atoms with Crippen LogP contribution >= 0.6 is 0 Å². The van der Waals surface area contributed by atoms with E-state index in [9.17, 15) is 81.8 Å². The van der Waals surface area contributed by atoms with Crippen LogP contribution in [0.1, 0.15) is 256 Å². The number of benzene rings is 5. The van der Waals surface area contributed by atoms with Gasteiger partial charge in [0.25, 0.3) is 0 Å². The molecule has 760 valence electrons. The normalized spacial score (nSPS) is 16.3. The van der Waals surface area contributed by atoms with Crippen molar-refractivity contribution < 1.29 is 96.4 Å². The molecule has 0 heterocycles. The Labute approximate surface area is 816 Å². The molecule has 4 fully saturated rings. The first kappa shape index (κ1) is 119. The number of carboxylic acid groups (broad SMARTS) is 2. The third-order valence-electron chi connectivity index (χ3n) is 27.3. The molecular weight excluding hydrogens is 1760 g/mol. The van der Waals surface area contributed by atoms with Crippen LogP contribution in [0, 0.1) is 82.9 Å². The molecule has 0 saturated heterocycles. The highest BCUT2D eigenvalue weighted by molar-refractivity contribution is 5.98. The van der Waals surface area contributed by atoms with E-state index in [-0.39, 0.29) is 147 Å². The fourth-order valence-corrected chi connectivity index (χ4v) is 18.2. The molecule has 30 nitrogen and oxygen atoms in total. The number of ether oxygens (including phenoxy) is 2. The number of carbonyl (C=O) groups is 16. The summed E-state index contributed by atoms with van der Waals surface area (Å²) in [6, 6.07) is 43.9. The molecule has 4 aliphatic carbocycles. The molecule has 4 saturated carbocycles. The average Bonchev–Trinajstić information content (AvgIpc) is 1.08. The fourth-order valence-electron chi connectivity index (χ4n) is 18.2. The number of methoxy groups -OCH3 is 2. The third kappa shape index (κ3) is 46.3. The van der Waals surface area contributed by atoms with Crippen LogP contribution in [0.4, 0.5) is 0 Å². The number of esters is 2. The molecule has 17 N–H and O–H groups in total. The van der Waals surface area contributed by atoms with Crippen LogP contribution in [0.15, 0.2) is 152 Å². The molecule has 0 bridgehead atoms. The molecule has 5 aromatic carbocycles. The van der Waals surface area contributed by atoms with Crippen LogP contribution < -0.4 is 55.5 Å². The van der Waals surface area contributed by atoms with Gasteiger partial charge in [-0.2, -0.15) is 0 Å². The Morgan fingerprint density at radius 1 is 0.391 bits per heavy atom. The minimum absolute atomic E-state index is 0.0168. The van der Waals surface area contributed by atoms with Crippen molar-refractivity contribution in [3.8, 4) is 0 Å². The summed E-state index contributed by atoms with van der Waals surface area (Å²) in [7, 11) is 2.73. The molecule has 0 radical (unpaired) electrons. The van der Waals surface area contributed by atoms with Gasteiger partial charge in [-0.15, -0.1) is 0 Å². The maximum absolute atomic E-state index is 14.4. The number of ketones is 5. The lowest BCUT2D eigenvalue weighted by atomic mass is 9.85.